The van der Waals surface area contributed by atoms with E-state index >= 15 is 0 Å². The summed E-state index contributed by atoms with van der Waals surface area (Å²) in [4.78, 5) is 15.4. The van der Waals surface area contributed by atoms with E-state index in [4.69, 9.17) is 15.9 Å². The number of aryl methyl sites for hydroxylation is 1. The number of halogens is 1. The number of nitrogens with two attached hydrogens (primary N) is 2. The summed E-state index contributed by atoms with van der Waals surface area (Å²) in [6, 6.07) is 7.35. The van der Waals surface area contributed by atoms with Gasteiger partial charge in [0.1, 0.15) is 5.69 Å². The molecule has 1 aromatic carbocycles. The summed E-state index contributed by atoms with van der Waals surface area (Å²) in [7, 11) is 0. The Morgan fingerprint density at radius 1 is 1.38 bits per heavy atom. The largest absolute Gasteiger partial charge is 0.421 e. The Labute approximate surface area is 165 Å². The summed E-state index contributed by atoms with van der Waals surface area (Å²) in [5.74, 6) is 3.92. The molecule has 1 atom stereocenters. The van der Waals surface area contributed by atoms with Crippen LogP contribution in [-0.4, -0.2) is 26.2 Å². The number of anilines is 1. The van der Waals surface area contributed by atoms with E-state index in [9.17, 15) is 14.3 Å². The second-order valence-electron chi connectivity index (χ2n) is 6.05. The molecule has 0 radical (unpaired) electrons. The van der Waals surface area contributed by atoms with Gasteiger partial charge < -0.3 is 21.0 Å². The number of aromatic nitrogens is 3. The number of rotatable bonds is 4. The summed E-state index contributed by atoms with van der Waals surface area (Å²) in [5.41, 5.74) is 9.23. The van der Waals surface area contributed by atoms with Crippen molar-refractivity contribution in [3.63, 3.8) is 0 Å². The molecule has 9 heteroatoms. The Balaban J connectivity index is 2.02. The fourth-order valence-electron chi connectivity index (χ4n) is 2.46. The van der Waals surface area contributed by atoms with Gasteiger partial charge in [0.05, 0.1) is 5.69 Å². The van der Waals surface area contributed by atoms with Crippen LogP contribution in [0.2, 0.25) is 0 Å². The summed E-state index contributed by atoms with van der Waals surface area (Å²) < 4.78 is 19.6. The predicted molar refractivity (Wildman–Crippen MR) is 103 cm³/mol. The Morgan fingerprint density at radius 3 is 2.76 bits per heavy atom. The van der Waals surface area contributed by atoms with Gasteiger partial charge in [-0.2, -0.15) is 0 Å². The maximum absolute atomic E-state index is 14.4. The van der Waals surface area contributed by atoms with Crippen LogP contribution in [0.25, 0.3) is 11.3 Å². The number of pyridine rings is 1. The van der Waals surface area contributed by atoms with Crippen molar-refractivity contribution in [3.8, 4) is 23.1 Å². The van der Waals surface area contributed by atoms with Gasteiger partial charge in [-0.3, -0.25) is 4.79 Å². The molecule has 29 heavy (non-hydrogen) atoms. The van der Waals surface area contributed by atoms with Crippen molar-refractivity contribution in [1.29, 1.82) is 0 Å². The minimum atomic E-state index is -1.86. The Morgan fingerprint density at radius 2 is 2.14 bits per heavy atom. The molecule has 3 aromatic rings. The predicted octanol–water partition coefficient (Wildman–Crippen LogP) is 1.69. The second-order valence-corrected chi connectivity index (χ2v) is 6.05. The summed E-state index contributed by atoms with van der Waals surface area (Å²) in [6.07, 6.45) is 1.16. The zero-order valence-electron chi connectivity index (χ0n) is 15.3. The monoisotopic (exact) mass is 393 g/mol. The summed E-state index contributed by atoms with van der Waals surface area (Å²) >= 11 is 0. The number of benzene rings is 1. The van der Waals surface area contributed by atoms with Crippen LogP contribution in [0.5, 0.6) is 0 Å². The molecule has 146 valence electrons. The van der Waals surface area contributed by atoms with Gasteiger partial charge >= 0.3 is 0 Å². The first-order valence-electron chi connectivity index (χ1n) is 8.29. The van der Waals surface area contributed by atoms with Crippen molar-refractivity contribution in [1.82, 2.24) is 15.2 Å². The van der Waals surface area contributed by atoms with E-state index in [2.05, 4.69) is 33.6 Å². The number of amides is 1. The van der Waals surface area contributed by atoms with Crippen molar-refractivity contribution < 1.29 is 18.7 Å². The van der Waals surface area contributed by atoms with E-state index in [1.54, 1.807) is 25.1 Å². The van der Waals surface area contributed by atoms with Gasteiger partial charge in [0, 0.05) is 24.1 Å². The normalized spacial score (nSPS) is 12.5. The number of carbonyl (C=O) groups excluding carboxylic acids is 1. The third kappa shape index (κ3) is 3.97. The fourth-order valence-corrected chi connectivity index (χ4v) is 2.46. The standard InChI is InChI=1S/C20H16FN5O3/c1-3-20(28,19-26-25-11(2)29-19)8-7-12-5-4-6-13(9-12)16-14(21)10-15(22)17(24-16)18(23)27/h3-6,9-10,28H,1,22H2,2H3,(H2,23,27). The number of carbonyl (C=O) groups is 1. The lowest BCUT2D eigenvalue weighted by Crippen LogP contribution is -2.20. The summed E-state index contributed by atoms with van der Waals surface area (Å²) in [6.45, 7) is 5.12. The highest BCUT2D eigenvalue weighted by molar-refractivity contribution is 5.96. The molecule has 0 saturated heterocycles. The molecule has 0 saturated carbocycles. The van der Waals surface area contributed by atoms with Crippen LogP contribution in [0, 0.1) is 24.6 Å². The lowest BCUT2D eigenvalue weighted by molar-refractivity contribution is 0.0996. The SMILES string of the molecule is C=CC(O)(C#Cc1cccc(-c2nc(C(N)=O)c(N)cc2F)c1)c1nnc(C)o1. The van der Waals surface area contributed by atoms with Crippen LogP contribution in [-0.2, 0) is 5.60 Å². The molecular weight excluding hydrogens is 377 g/mol. The number of hydrogen-bond acceptors (Lipinski definition) is 7. The quantitative estimate of drug-likeness (QED) is 0.452. The van der Waals surface area contributed by atoms with Crippen LogP contribution >= 0.6 is 0 Å². The number of aliphatic hydroxyl groups is 1. The van der Waals surface area contributed by atoms with E-state index in [-0.39, 0.29) is 28.9 Å². The van der Waals surface area contributed by atoms with Crippen LogP contribution in [0.4, 0.5) is 10.1 Å². The lowest BCUT2D eigenvalue weighted by Gasteiger charge is -2.11. The molecule has 0 spiro atoms. The van der Waals surface area contributed by atoms with Gasteiger partial charge in [-0.05, 0) is 24.1 Å². The van der Waals surface area contributed by atoms with Gasteiger partial charge in [-0.25, -0.2) is 9.37 Å². The molecule has 1 amide bonds. The molecule has 2 heterocycles. The van der Waals surface area contributed by atoms with Gasteiger partial charge in [-0.15, -0.1) is 10.2 Å². The fraction of sp³-hybridized carbons (Fsp3) is 0.100. The second kappa shape index (κ2) is 7.53. The molecular formula is C20H16FN5O3. The average molecular weight is 393 g/mol. The molecule has 5 N–H and O–H groups in total. The first kappa shape index (κ1) is 19.7. The Hall–Kier alpha value is -4.03. The smallest absolute Gasteiger partial charge is 0.269 e. The molecule has 8 nitrogen and oxygen atoms in total. The lowest BCUT2D eigenvalue weighted by atomic mass is 10.0. The van der Waals surface area contributed by atoms with Crippen LogP contribution in [0.1, 0.15) is 27.8 Å². The third-order valence-electron chi connectivity index (χ3n) is 3.92. The van der Waals surface area contributed by atoms with Crippen molar-refractivity contribution in [2.45, 2.75) is 12.5 Å². The van der Waals surface area contributed by atoms with Crippen molar-refractivity contribution >= 4 is 11.6 Å². The van der Waals surface area contributed by atoms with Gasteiger partial charge in [0.15, 0.2) is 11.5 Å². The Bertz CT molecular complexity index is 1180. The highest BCUT2D eigenvalue weighted by atomic mass is 19.1. The maximum atomic E-state index is 14.4. The van der Waals surface area contributed by atoms with E-state index in [1.807, 2.05) is 0 Å². The van der Waals surface area contributed by atoms with Crippen molar-refractivity contribution in [3.05, 3.63) is 71.8 Å². The molecule has 0 bridgehead atoms. The zero-order chi connectivity index (χ0) is 21.2. The highest BCUT2D eigenvalue weighted by Gasteiger charge is 2.29. The molecule has 2 aromatic heterocycles. The van der Waals surface area contributed by atoms with Gasteiger partial charge in [0.2, 0.25) is 11.5 Å². The minimum absolute atomic E-state index is 0.108. The third-order valence-corrected chi connectivity index (χ3v) is 3.92. The topological polar surface area (TPSA) is 141 Å². The van der Waals surface area contributed by atoms with E-state index in [0.717, 1.165) is 12.1 Å². The van der Waals surface area contributed by atoms with Crippen molar-refractivity contribution in [2.75, 3.05) is 5.73 Å². The number of hydrogen-bond donors (Lipinski definition) is 3. The van der Waals surface area contributed by atoms with Gasteiger partial charge in [0.25, 0.3) is 11.8 Å². The molecule has 1 unspecified atom stereocenters. The molecule has 0 fully saturated rings. The minimum Gasteiger partial charge on any atom is -0.421 e. The number of nitrogen functional groups attached to an aromatic ring is 1. The number of primary amides is 1. The maximum Gasteiger partial charge on any atom is 0.269 e. The van der Waals surface area contributed by atoms with Crippen LogP contribution < -0.4 is 11.5 Å². The first-order chi connectivity index (χ1) is 13.7. The zero-order valence-corrected chi connectivity index (χ0v) is 15.3. The average Bonchev–Trinajstić information content (AvgIpc) is 3.13. The molecule has 0 aliphatic rings. The van der Waals surface area contributed by atoms with Crippen LogP contribution in [0.15, 0.2) is 47.4 Å². The van der Waals surface area contributed by atoms with E-state index in [1.165, 1.54) is 6.07 Å². The Kier molecular flexibility index (Phi) is 5.12. The summed E-state index contributed by atoms with van der Waals surface area (Å²) in [5, 5.41) is 18.0. The number of nitrogens with zero attached hydrogens (tertiary/aromatic N) is 3. The van der Waals surface area contributed by atoms with E-state index in [0.29, 0.717) is 11.1 Å². The van der Waals surface area contributed by atoms with Crippen molar-refractivity contribution in [2.24, 2.45) is 5.73 Å². The molecule has 0 aliphatic carbocycles. The molecule has 0 aliphatic heterocycles. The molecule has 3 rings (SSSR count). The van der Waals surface area contributed by atoms with E-state index < -0.39 is 17.3 Å². The highest BCUT2D eigenvalue weighted by Crippen LogP contribution is 2.25. The first-order valence-corrected chi connectivity index (χ1v) is 8.29. The van der Waals surface area contributed by atoms with Crippen LogP contribution in [0.3, 0.4) is 0 Å². The van der Waals surface area contributed by atoms with Gasteiger partial charge in [-0.1, -0.05) is 24.6 Å².